The van der Waals surface area contributed by atoms with Crippen molar-refractivity contribution in [2.45, 2.75) is 20.3 Å². The first kappa shape index (κ1) is 12.5. The quantitative estimate of drug-likeness (QED) is 0.767. The molecule has 0 fully saturated rings. The second-order valence-corrected chi connectivity index (χ2v) is 4.94. The minimum Gasteiger partial charge on any atom is -0.232 e. The van der Waals surface area contributed by atoms with E-state index in [-0.39, 0.29) is 0 Å². The van der Waals surface area contributed by atoms with Crippen molar-refractivity contribution in [2.24, 2.45) is 0 Å². The van der Waals surface area contributed by atoms with Crippen LogP contribution in [0.15, 0.2) is 28.7 Å². The maximum absolute atomic E-state index is 6.03. The first-order valence-corrected chi connectivity index (χ1v) is 6.58. The van der Waals surface area contributed by atoms with Crippen LogP contribution in [0.3, 0.4) is 0 Å². The lowest BCUT2D eigenvalue weighted by Crippen LogP contribution is -1.94. The molecule has 17 heavy (non-hydrogen) atoms. The molecule has 1 heterocycles. The summed E-state index contributed by atoms with van der Waals surface area (Å²) in [5.74, 6) is 0.665. The van der Waals surface area contributed by atoms with Gasteiger partial charge in [-0.15, -0.1) is 0 Å². The molecule has 4 heteroatoms. The van der Waals surface area contributed by atoms with Crippen LogP contribution in [0.2, 0.25) is 5.15 Å². The molecule has 0 aliphatic heterocycles. The number of rotatable bonds is 2. The minimum absolute atomic E-state index is 0.451. The van der Waals surface area contributed by atoms with Crippen LogP contribution < -0.4 is 0 Å². The summed E-state index contributed by atoms with van der Waals surface area (Å²) in [7, 11) is 0. The minimum atomic E-state index is 0.451. The van der Waals surface area contributed by atoms with Crippen molar-refractivity contribution in [1.82, 2.24) is 9.97 Å². The normalized spacial score (nSPS) is 10.6. The molecule has 0 atom stereocenters. The number of aromatic nitrogens is 2. The van der Waals surface area contributed by atoms with E-state index < -0.39 is 0 Å². The summed E-state index contributed by atoms with van der Waals surface area (Å²) in [6.45, 7) is 4.04. The van der Waals surface area contributed by atoms with Crippen molar-refractivity contribution >= 4 is 27.5 Å². The Morgan fingerprint density at radius 2 is 1.82 bits per heavy atom. The first-order chi connectivity index (χ1) is 8.11. The molecule has 0 saturated heterocycles. The Morgan fingerprint density at radius 1 is 1.18 bits per heavy atom. The first-order valence-electron chi connectivity index (χ1n) is 5.40. The zero-order valence-electron chi connectivity index (χ0n) is 9.67. The highest BCUT2D eigenvalue weighted by Gasteiger charge is 2.08. The zero-order valence-corrected chi connectivity index (χ0v) is 12.0. The summed E-state index contributed by atoms with van der Waals surface area (Å²) in [6, 6.07) is 8.23. The lowest BCUT2D eigenvalue weighted by Gasteiger charge is -2.05. The maximum atomic E-state index is 6.03. The highest BCUT2D eigenvalue weighted by Crippen LogP contribution is 2.26. The molecule has 0 bridgehead atoms. The third-order valence-corrected chi connectivity index (χ3v) is 4.05. The van der Waals surface area contributed by atoms with Gasteiger partial charge in [0.1, 0.15) is 5.15 Å². The molecular weight excluding hydrogens is 300 g/mol. The van der Waals surface area contributed by atoms with Gasteiger partial charge in [-0.25, -0.2) is 9.97 Å². The molecule has 1 aromatic heterocycles. The monoisotopic (exact) mass is 310 g/mol. The van der Waals surface area contributed by atoms with Crippen LogP contribution in [0.1, 0.15) is 18.2 Å². The number of halogens is 2. The molecule has 2 nitrogen and oxygen atoms in total. The highest BCUT2D eigenvalue weighted by atomic mass is 79.9. The number of hydrogen-bond donors (Lipinski definition) is 0. The van der Waals surface area contributed by atoms with Gasteiger partial charge in [0.15, 0.2) is 5.82 Å². The third-order valence-electron chi connectivity index (χ3n) is 2.60. The summed E-state index contributed by atoms with van der Waals surface area (Å²) in [6.07, 6.45) is 1.03. The van der Waals surface area contributed by atoms with E-state index in [1.165, 1.54) is 5.56 Å². The van der Waals surface area contributed by atoms with Crippen molar-refractivity contribution in [1.29, 1.82) is 0 Å². The molecule has 0 aliphatic carbocycles. The van der Waals surface area contributed by atoms with Gasteiger partial charge in [0.25, 0.3) is 0 Å². The summed E-state index contributed by atoms with van der Waals surface area (Å²) < 4.78 is 0.757. The Kier molecular flexibility index (Phi) is 3.79. The number of nitrogens with zero attached hydrogens (tertiary/aromatic N) is 2. The van der Waals surface area contributed by atoms with Crippen LogP contribution >= 0.6 is 27.5 Å². The van der Waals surface area contributed by atoms with Crippen LogP contribution in [0, 0.1) is 6.92 Å². The van der Waals surface area contributed by atoms with E-state index in [0.717, 1.165) is 22.2 Å². The Balaban J connectivity index is 2.45. The average Bonchev–Trinajstić information content (AvgIpc) is 2.35. The fourth-order valence-electron chi connectivity index (χ4n) is 1.54. The van der Waals surface area contributed by atoms with Gasteiger partial charge in [0.05, 0.1) is 10.2 Å². The largest absolute Gasteiger partial charge is 0.232 e. The van der Waals surface area contributed by atoms with Crippen molar-refractivity contribution in [3.63, 3.8) is 0 Å². The van der Waals surface area contributed by atoms with Crippen LogP contribution in [0.25, 0.3) is 11.4 Å². The van der Waals surface area contributed by atoms with E-state index in [0.29, 0.717) is 11.0 Å². The second kappa shape index (κ2) is 5.15. The molecule has 88 valence electrons. The standard InChI is InChI=1S/C13H12BrClN2/c1-3-9-4-6-10(7-5-9)13-16-8(2)11(14)12(15)17-13/h4-7H,3H2,1-2H3. The second-order valence-electron chi connectivity index (χ2n) is 3.79. The smallest absolute Gasteiger partial charge is 0.161 e. The van der Waals surface area contributed by atoms with E-state index in [1.54, 1.807) is 0 Å². The predicted octanol–water partition coefficient (Wildman–Crippen LogP) is 4.43. The van der Waals surface area contributed by atoms with E-state index >= 15 is 0 Å². The fraction of sp³-hybridized carbons (Fsp3) is 0.231. The SMILES string of the molecule is CCc1ccc(-c2nc(C)c(Br)c(Cl)n2)cc1. The Morgan fingerprint density at radius 3 is 2.35 bits per heavy atom. The van der Waals surface area contributed by atoms with Crippen molar-refractivity contribution in [3.05, 3.63) is 45.1 Å². The number of benzene rings is 1. The van der Waals surface area contributed by atoms with Gasteiger partial charge in [-0.05, 0) is 34.8 Å². The molecule has 0 amide bonds. The molecule has 0 aliphatic rings. The summed E-state index contributed by atoms with van der Waals surface area (Å²) in [4.78, 5) is 8.68. The molecule has 0 radical (unpaired) electrons. The van der Waals surface area contributed by atoms with Gasteiger partial charge in [-0.2, -0.15) is 0 Å². The Hall–Kier alpha value is -0.930. The molecule has 0 spiro atoms. The number of hydrogen-bond acceptors (Lipinski definition) is 2. The molecular formula is C13H12BrClN2. The average molecular weight is 312 g/mol. The highest BCUT2D eigenvalue weighted by molar-refractivity contribution is 9.10. The maximum Gasteiger partial charge on any atom is 0.161 e. The van der Waals surface area contributed by atoms with E-state index in [2.05, 4.69) is 45.0 Å². The summed E-state index contributed by atoms with van der Waals surface area (Å²) in [5, 5.41) is 0.451. The Labute approximate surface area is 114 Å². The molecule has 0 N–H and O–H groups in total. The topological polar surface area (TPSA) is 25.8 Å². The van der Waals surface area contributed by atoms with E-state index in [4.69, 9.17) is 11.6 Å². The van der Waals surface area contributed by atoms with E-state index in [1.807, 2.05) is 19.1 Å². The van der Waals surface area contributed by atoms with Gasteiger partial charge < -0.3 is 0 Å². The van der Waals surface area contributed by atoms with Crippen LogP contribution in [0.5, 0.6) is 0 Å². The summed E-state index contributed by atoms with van der Waals surface area (Å²) in [5.41, 5.74) is 3.13. The molecule has 0 unspecified atom stereocenters. The molecule has 1 aromatic carbocycles. The van der Waals surface area contributed by atoms with Gasteiger partial charge in [0, 0.05) is 5.56 Å². The molecule has 2 rings (SSSR count). The van der Waals surface area contributed by atoms with Gasteiger partial charge in [-0.3, -0.25) is 0 Å². The van der Waals surface area contributed by atoms with Crippen molar-refractivity contribution in [2.75, 3.05) is 0 Å². The lowest BCUT2D eigenvalue weighted by molar-refractivity contribution is 1.09. The van der Waals surface area contributed by atoms with Gasteiger partial charge >= 0.3 is 0 Å². The van der Waals surface area contributed by atoms with Crippen molar-refractivity contribution < 1.29 is 0 Å². The van der Waals surface area contributed by atoms with Crippen molar-refractivity contribution in [3.8, 4) is 11.4 Å². The van der Waals surface area contributed by atoms with Gasteiger partial charge in [0.2, 0.25) is 0 Å². The fourth-order valence-corrected chi connectivity index (χ4v) is 1.94. The predicted molar refractivity (Wildman–Crippen MR) is 74.3 cm³/mol. The third kappa shape index (κ3) is 2.67. The zero-order chi connectivity index (χ0) is 12.4. The van der Waals surface area contributed by atoms with Crippen LogP contribution in [-0.2, 0) is 6.42 Å². The molecule has 2 aromatic rings. The Bertz CT molecular complexity index is 515. The lowest BCUT2D eigenvalue weighted by atomic mass is 10.1. The summed E-state index contributed by atoms with van der Waals surface area (Å²) >= 11 is 9.38. The van der Waals surface area contributed by atoms with Crippen LogP contribution in [-0.4, -0.2) is 9.97 Å². The number of aryl methyl sites for hydroxylation is 2. The molecule has 0 saturated carbocycles. The van der Waals surface area contributed by atoms with E-state index in [9.17, 15) is 0 Å². The van der Waals surface area contributed by atoms with Gasteiger partial charge in [-0.1, -0.05) is 42.8 Å². The van der Waals surface area contributed by atoms with Crippen LogP contribution in [0.4, 0.5) is 0 Å².